The summed E-state index contributed by atoms with van der Waals surface area (Å²) in [6.07, 6.45) is 2.62. The van der Waals surface area contributed by atoms with Crippen LogP contribution in [0.25, 0.3) is 0 Å². The Kier molecular flexibility index (Phi) is 3.21. The normalized spacial score (nSPS) is 13.2. The van der Waals surface area contributed by atoms with Gasteiger partial charge in [0.25, 0.3) is 0 Å². The van der Waals surface area contributed by atoms with Crippen molar-refractivity contribution in [1.82, 2.24) is 9.97 Å². The van der Waals surface area contributed by atoms with Crippen molar-refractivity contribution in [2.75, 3.05) is 0 Å². The third kappa shape index (κ3) is 1.69. The zero-order valence-corrected chi connectivity index (χ0v) is 12.4. The van der Waals surface area contributed by atoms with Gasteiger partial charge in [0, 0.05) is 12.4 Å². The molecule has 3 rings (SSSR count). The highest BCUT2D eigenvalue weighted by Gasteiger charge is 2.37. The van der Waals surface area contributed by atoms with Crippen LogP contribution in [0.2, 0.25) is 20.1 Å². The summed E-state index contributed by atoms with van der Waals surface area (Å²) in [6, 6.07) is 0. The molecule has 0 spiro atoms. The maximum atomic E-state index is 12.4. The van der Waals surface area contributed by atoms with Gasteiger partial charge < -0.3 is 0 Å². The first-order valence-electron chi connectivity index (χ1n) is 5.21. The molecule has 100 valence electrons. The molecule has 2 aromatic rings. The molecule has 0 aliphatic heterocycles. The SMILES string of the molecule is O=C1c2nccnc2C(=O)c2c(Cl)c(Cl)c(Cl)c(Cl)c21. The number of halogens is 4. The number of rotatable bonds is 0. The van der Waals surface area contributed by atoms with E-state index in [-0.39, 0.29) is 42.6 Å². The molecule has 0 unspecified atom stereocenters. The Morgan fingerprint density at radius 1 is 0.650 bits per heavy atom. The van der Waals surface area contributed by atoms with Crippen molar-refractivity contribution in [2.45, 2.75) is 0 Å². The Bertz CT molecular complexity index is 739. The van der Waals surface area contributed by atoms with Gasteiger partial charge in [-0.1, -0.05) is 46.4 Å². The predicted octanol–water partition coefficient (Wildman–Crippen LogP) is 3.87. The maximum Gasteiger partial charge on any atom is 0.216 e. The maximum absolute atomic E-state index is 12.4. The lowest BCUT2D eigenvalue weighted by Gasteiger charge is -2.19. The molecule has 1 aromatic heterocycles. The first-order chi connectivity index (χ1) is 9.45. The number of fused-ring (bicyclic) bond motifs is 2. The highest BCUT2D eigenvalue weighted by Crippen LogP contribution is 2.44. The molecule has 4 nitrogen and oxygen atoms in total. The van der Waals surface area contributed by atoms with E-state index in [1.165, 1.54) is 12.4 Å². The topological polar surface area (TPSA) is 59.9 Å². The van der Waals surface area contributed by atoms with Crippen molar-refractivity contribution < 1.29 is 9.59 Å². The minimum Gasteiger partial charge on any atom is -0.287 e. The Morgan fingerprint density at radius 2 is 1.00 bits per heavy atom. The Hall–Kier alpha value is -1.20. The van der Waals surface area contributed by atoms with E-state index in [1.54, 1.807) is 0 Å². The largest absolute Gasteiger partial charge is 0.287 e. The smallest absolute Gasteiger partial charge is 0.216 e. The fourth-order valence-electron chi connectivity index (χ4n) is 1.97. The first kappa shape index (κ1) is 13.8. The number of hydrogen-bond donors (Lipinski definition) is 0. The van der Waals surface area contributed by atoms with Crippen LogP contribution in [0.15, 0.2) is 12.4 Å². The van der Waals surface area contributed by atoms with E-state index < -0.39 is 11.6 Å². The van der Waals surface area contributed by atoms with Crippen LogP contribution in [0.4, 0.5) is 0 Å². The van der Waals surface area contributed by atoms with Crippen molar-refractivity contribution in [2.24, 2.45) is 0 Å². The van der Waals surface area contributed by atoms with Crippen molar-refractivity contribution in [1.29, 1.82) is 0 Å². The zero-order chi connectivity index (χ0) is 14.6. The lowest BCUT2D eigenvalue weighted by molar-refractivity contribution is 0.0971. The molecule has 0 radical (unpaired) electrons. The molecule has 1 aromatic carbocycles. The number of aromatic nitrogens is 2. The quantitative estimate of drug-likeness (QED) is 0.457. The molecule has 0 fully saturated rings. The highest BCUT2D eigenvalue weighted by atomic mass is 35.5. The van der Waals surface area contributed by atoms with Gasteiger partial charge in [0.05, 0.1) is 31.2 Å². The van der Waals surface area contributed by atoms with E-state index in [0.717, 1.165) is 0 Å². The van der Waals surface area contributed by atoms with E-state index in [9.17, 15) is 9.59 Å². The molecule has 0 atom stereocenters. The fourth-order valence-corrected chi connectivity index (χ4v) is 2.99. The number of benzene rings is 1. The number of ketones is 2. The van der Waals surface area contributed by atoms with Crippen LogP contribution in [0.3, 0.4) is 0 Å². The van der Waals surface area contributed by atoms with Crippen molar-refractivity contribution in [3.63, 3.8) is 0 Å². The molecule has 8 heteroatoms. The molecule has 0 saturated heterocycles. The lowest BCUT2D eigenvalue weighted by Crippen LogP contribution is -2.24. The Morgan fingerprint density at radius 3 is 1.35 bits per heavy atom. The molecule has 0 amide bonds. The van der Waals surface area contributed by atoms with E-state index in [4.69, 9.17) is 46.4 Å². The number of carbonyl (C=O) groups excluding carboxylic acids is 2. The van der Waals surface area contributed by atoms with Crippen molar-refractivity contribution in [3.8, 4) is 0 Å². The highest BCUT2D eigenvalue weighted by molar-refractivity contribution is 6.55. The fraction of sp³-hybridized carbons (Fsp3) is 0. The van der Waals surface area contributed by atoms with Crippen LogP contribution >= 0.6 is 46.4 Å². The summed E-state index contributed by atoms with van der Waals surface area (Å²) < 4.78 is 0. The summed E-state index contributed by atoms with van der Waals surface area (Å²) >= 11 is 23.9. The summed E-state index contributed by atoms with van der Waals surface area (Å²) in [5.74, 6) is -1.12. The third-order valence-electron chi connectivity index (χ3n) is 2.85. The van der Waals surface area contributed by atoms with Crippen LogP contribution in [-0.4, -0.2) is 21.5 Å². The van der Waals surface area contributed by atoms with Crippen LogP contribution < -0.4 is 0 Å². The molecule has 1 aliphatic rings. The molecular formula is C12H2Cl4N2O2. The second-order valence-electron chi connectivity index (χ2n) is 3.92. The van der Waals surface area contributed by atoms with E-state index >= 15 is 0 Å². The molecule has 20 heavy (non-hydrogen) atoms. The average Bonchev–Trinajstić information content (AvgIpc) is 2.46. The Balaban J connectivity index is 2.46. The van der Waals surface area contributed by atoms with E-state index in [0.29, 0.717) is 0 Å². The number of hydrogen-bond acceptors (Lipinski definition) is 4. The molecule has 1 heterocycles. The predicted molar refractivity (Wildman–Crippen MR) is 75.4 cm³/mol. The van der Waals surface area contributed by atoms with Gasteiger partial charge in [-0.2, -0.15) is 0 Å². The summed E-state index contributed by atoms with van der Waals surface area (Å²) in [5.41, 5.74) is -0.351. The minimum absolute atomic E-state index is 0.0782. The molecule has 0 N–H and O–H groups in total. The van der Waals surface area contributed by atoms with Gasteiger partial charge in [0.1, 0.15) is 11.4 Å². The summed E-state index contributed by atoms with van der Waals surface area (Å²) in [7, 11) is 0. The van der Waals surface area contributed by atoms with E-state index in [2.05, 4.69) is 9.97 Å². The summed E-state index contributed by atoms with van der Waals surface area (Å²) in [6.45, 7) is 0. The van der Waals surface area contributed by atoms with Gasteiger partial charge in [-0.15, -0.1) is 0 Å². The first-order valence-corrected chi connectivity index (χ1v) is 6.72. The minimum atomic E-state index is -0.562. The molecule has 1 aliphatic carbocycles. The van der Waals surface area contributed by atoms with Gasteiger partial charge in [0.15, 0.2) is 0 Å². The van der Waals surface area contributed by atoms with Crippen LogP contribution in [0.1, 0.15) is 32.1 Å². The van der Waals surface area contributed by atoms with Gasteiger partial charge >= 0.3 is 0 Å². The van der Waals surface area contributed by atoms with E-state index in [1.807, 2.05) is 0 Å². The van der Waals surface area contributed by atoms with Gasteiger partial charge in [-0.05, 0) is 0 Å². The third-order valence-corrected chi connectivity index (χ3v) is 4.65. The van der Waals surface area contributed by atoms with Crippen LogP contribution in [0.5, 0.6) is 0 Å². The monoisotopic (exact) mass is 346 g/mol. The number of nitrogens with zero attached hydrogens (tertiary/aromatic N) is 2. The van der Waals surface area contributed by atoms with Crippen molar-refractivity contribution in [3.05, 3.63) is 55.0 Å². The van der Waals surface area contributed by atoms with Gasteiger partial charge in [-0.25, -0.2) is 9.97 Å². The van der Waals surface area contributed by atoms with Gasteiger partial charge in [-0.3, -0.25) is 9.59 Å². The van der Waals surface area contributed by atoms with Gasteiger partial charge in [0.2, 0.25) is 11.6 Å². The molecular weight excluding hydrogens is 346 g/mol. The van der Waals surface area contributed by atoms with Crippen LogP contribution in [0, 0.1) is 0 Å². The Labute approximate surface area is 132 Å². The van der Waals surface area contributed by atoms with Crippen molar-refractivity contribution >= 4 is 58.0 Å². The molecule has 0 saturated carbocycles. The second kappa shape index (κ2) is 4.67. The lowest BCUT2D eigenvalue weighted by atomic mass is 9.89. The zero-order valence-electron chi connectivity index (χ0n) is 9.38. The van der Waals surface area contributed by atoms with Crippen LogP contribution in [-0.2, 0) is 0 Å². The number of carbonyl (C=O) groups is 2. The second-order valence-corrected chi connectivity index (χ2v) is 5.43. The summed E-state index contributed by atoms with van der Waals surface area (Å²) in [5, 5.41) is -0.396. The summed E-state index contributed by atoms with van der Waals surface area (Å²) in [4.78, 5) is 32.5. The molecule has 0 bridgehead atoms. The standard InChI is InChI=1S/C12H2Cl4N2O2/c13-5-3-4(6(14)8(16)7(5)15)12(20)10-9(11(3)19)17-1-2-18-10/h1-2H. The average molecular weight is 348 g/mol.